The van der Waals surface area contributed by atoms with Crippen LogP contribution in [0.2, 0.25) is 5.02 Å². The third kappa shape index (κ3) is 4.30. The summed E-state index contributed by atoms with van der Waals surface area (Å²) < 4.78 is 10.8. The number of anilines is 1. The molecule has 1 atom stereocenters. The average molecular weight is 402 g/mol. The largest absolute Gasteiger partial charge is 0.495 e. The van der Waals surface area contributed by atoms with E-state index in [1.807, 2.05) is 12.1 Å². The molecule has 0 spiro atoms. The van der Waals surface area contributed by atoms with E-state index in [1.54, 1.807) is 30.3 Å². The molecular formula is C22H24ClNO4. The number of benzene rings is 2. The minimum absolute atomic E-state index is 0.0247. The lowest BCUT2D eigenvalue weighted by atomic mass is 9.87. The number of methoxy groups -OCH3 is 1. The summed E-state index contributed by atoms with van der Waals surface area (Å²) in [6, 6.07) is 12.5. The third-order valence-electron chi connectivity index (χ3n) is 4.83. The average Bonchev–Trinajstić information content (AvgIpc) is 3.03. The van der Waals surface area contributed by atoms with Gasteiger partial charge in [0.2, 0.25) is 5.91 Å². The number of amides is 1. The first-order valence-corrected chi connectivity index (χ1v) is 9.53. The zero-order valence-corrected chi connectivity index (χ0v) is 17.2. The van der Waals surface area contributed by atoms with E-state index in [1.165, 1.54) is 12.0 Å². The Balaban J connectivity index is 1.71. The van der Waals surface area contributed by atoms with Crippen molar-refractivity contribution in [1.29, 1.82) is 0 Å². The molecule has 2 aromatic rings. The number of ether oxygens (including phenoxy) is 2. The van der Waals surface area contributed by atoms with Gasteiger partial charge in [-0.2, -0.15) is 0 Å². The van der Waals surface area contributed by atoms with Crippen LogP contribution < -0.4 is 14.4 Å². The van der Waals surface area contributed by atoms with Crippen LogP contribution in [0.5, 0.6) is 11.5 Å². The molecule has 1 heterocycles. The molecule has 0 radical (unpaired) electrons. The molecule has 0 aromatic heterocycles. The zero-order chi connectivity index (χ0) is 20.5. The highest BCUT2D eigenvalue weighted by Crippen LogP contribution is 2.35. The number of hydrogen-bond donors (Lipinski definition) is 0. The van der Waals surface area contributed by atoms with Gasteiger partial charge in [-0.05, 0) is 41.3 Å². The number of carbonyl (C=O) groups excluding carboxylic acids is 2. The molecule has 0 saturated carbocycles. The molecule has 1 aliphatic heterocycles. The fourth-order valence-electron chi connectivity index (χ4n) is 3.19. The van der Waals surface area contributed by atoms with E-state index < -0.39 is 11.9 Å². The summed E-state index contributed by atoms with van der Waals surface area (Å²) in [7, 11) is 1.53. The minimum Gasteiger partial charge on any atom is -0.495 e. The lowest BCUT2D eigenvalue weighted by Crippen LogP contribution is -2.27. The SMILES string of the molecule is COc1ccc(Cl)cc1N1C[C@@H](C(=O)Oc2ccc(C(C)(C)C)cc2)CC1=O. The molecule has 0 unspecified atom stereocenters. The summed E-state index contributed by atoms with van der Waals surface area (Å²) >= 11 is 6.07. The van der Waals surface area contributed by atoms with Gasteiger partial charge < -0.3 is 14.4 Å². The molecule has 148 valence electrons. The zero-order valence-electron chi connectivity index (χ0n) is 16.5. The number of nitrogens with zero attached hydrogens (tertiary/aromatic N) is 1. The van der Waals surface area contributed by atoms with Gasteiger partial charge in [0, 0.05) is 18.0 Å². The summed E-state index contributed by atoms with van der Waals surface area (Å²) in [5.41, 5.74) is 1.74. The van der Waals surface area contributed by atoms with E-state index in [9.17, 15) is 9.59 Å². The van der Waals surface area contributed by atoms with Gasteiger partial charge >= 0.3 is 5.97 Å². The Morgan fingerprint density at radius 1 is 1.14 bits per heavy atom. The maximum Gasteiger partial charge on any atom is 0.316 e. The second-order valence-electron chi connectivity index (χ2n) is 7.92. The Labute approximate surface area is 170 Å². The molecule has 0 N–H and O–H groups in total. The van der Waals surface area contributed by atoms with Crippen molar-refractivity contribution in [3.05, 3.63) is 53.1 Å². The van der Waals surface area contributed by atoms with E-state index >= 15 is 0 Å². The third-order valence-corrected chi connectivity index (χ3v) is 5.06. The van der Waals surface area contributed by atoms with Crippen molar-refractivity contribution in [2.45, 2.75) is 32.6 Å². The minimum atomic E-state index is -0.543. The number of esters is 1. The second kappa shape index (κ2) is 7.84. The summed E-state index contributed by atoms with van der Waals surface area (Å²) in [6.45, 7) is 6.60. The van der Waals surface area contributed by atoms with E-state index in [-0.39, 0.29) is 24.3 Å². The smallest absolute Gasteiger partial charge is 0.316 e. The van der Waals surface area contributed by atoms with Crippen LogP contribution in [0.4, 0.5) is 5.69 Å². The lowest BCUT2D eigenvalue weighted by molar-refractivity contribution is -0.139. The van der Waals surface area contributed by atoms with Crippen molar-refractivity contribution in [1.82, 2.24) is 0 Å². The van der Waals surface area contributed by atoms with Gasteiger partial charge in [-0.15, -0.1) is 0 Å². The van der Waals surface area contributed by atoms with Crippen LogP contribution in [0.15, 0.2) is 42.5 Å². The molecule has 3 rings (SSSR count). The van der Waals surface area contributed by atoms with Crippen LogP contribution in [-0.4, -0.2) is 25.5 Å². The molecule has 0 aliphatic carbocycles. The van der Waals surface area contributed by atoms with Gasteiger partial charge in [-0.1, -0.05) is 44.5 Å². The maximum atomic E-state index is 12.6. The lowest BCUT2D eigenvalue weighted by Gasteiger charge is -2.20. The van der Waals surface area contributed by atoms with Gasteiger partial charge in [-0.3, -0.25) is 9.59 Å². The highest BCUT2D eigenvalue weighted by Gasteiger charge is 2.37. The van der Waals surface area contributed by atoms with Crippen LogP contribution in [0.1, 0.15) is 32.8 Å². The Bertz CT molecular complexity index is 886. The predicted molar refractivity (Wildman–Crippen MR) is 109 cm³/mol. The first-order chi connectivity index (χ1) is 13.2. The molecule has 28 heavy (non-hydrogen) atoms. The summed E-state index contributed by atoms with van der Waals surface area (Å²) in [4.78, 5) is 26.6. The van der Waals surface area contributed by atoms with Crippen LogP contribution in [0.3, 0.4) is 0 Å². The van der Waals surface area contributed by atoms with E-state index in [4.69, 9.17) is 21.1 Å². The maximum absolute atomic E-state index is 12.6. The highest BCUT2D eigenvalue weighted by atomic mass is 35.5. The molecule has 0 bridgehead atoms. The van der Waals surface area contributed by atoms with Crippen molar-refractivity contribution in [3.63, 3.8) is 0 Å². The molecular weight excluding hydrogens is 378 g/mol. The fourth-order valence-corrected chi connectivity index (χ4v) is 3.36. The van der Waals surface area contributed by atoms with Gasteiger partial charge in [0.15, 0.2) is 0 Å². The summed E-state index contributed by atoms with van der Waals surface area (Å²) in [6.07, 6.45) is 0.0918. The number of hydrogen-bond acceptors (Lipinski definition) is 4. The topological polar surface area (TPSA) is 55.8 Å². The predicted octanol–water partition coefficient (Wildman–Crippen LogP) is 4.60. The Hall–Kier alpha value is -2.53. The quantitative estimate of drug-likeness (QED) is 0.554. The standard InChI is InChI=1S/C22H24ClNO4/c1-22(2,3)15-5-8-17(9-6-15)28-21(26)14-11-20(25)24(13-14)18-12-16(23)7-10-19(18)27-4/h5-10,12,14H,11,13H2,1-4H3/t14-/m0/s1. The summed E-state index contributed by atoms with van der Waals surface area (Å²) in [5.74, 6) is -0.113. The normalized spacial score (nSPS) is 17.0. The van der Waals surface area contributed by atoms with Crippen LogP contribution in [-0.2, 0) is 15.0 Å². The molecule has 1 saturated heterocycles. The van der Waals surface area contributed by atoms with E-state index in [0.29, 0.717) is 22.2 Å². The molecule has 1 fully saturated rings. The number of rotatable bonds is 4. The van der Waals surface area contributed by atoms with Gasteiger partial charge in [-0.25, -0.2) is 0 Å². The van der Waals surface area contributed by atoms with Crippen LogP contribution >= 0.6 is 11.6 Å². The monoisotopic (exact) mass is 401 g/mol. The van der Waals surface area contributed by atoms with Crippen molar-refractivity contribution in [2.75, 3.05) is 18.6 Å². The van der Waals surface area contributed by atoms with Crippen LogP contribution in [0.25, 0.3) is 0 Å². The molecule has 1 amide bonds. The molecule has 2 aromatic carbocycles. The molecule has 6 heteroatoms. The van der Waals surface area contributed by atoms with Gasteiger partial charge in [0.25, 0.3) is 0 Å². The second-order valence-corrected chi connectivity index (χ2v) is 8.35. The number of carbonyl (C=O) groups is 2. The highest BCUT2D eigenvalue weighted by molar-refractivity contribution is 6.31. The Morgan fingerprint density at radius 2 is 1.82 bits per heavy atom. The Kier molecular flexibility index (Phi) is 5.66. The van der Waals surface area contributed by atoms with Crippen LogP contribution in [0, 0.1) is 5.92 Å². The Morgan fingerprint density at radius 3 is 2.43 bits per heavy atom. The molecule has 5 nitrogen and oxygen atoms in total. The van der Waals surface area contributed by atoms with Gasteiger partial charge in [0.1, 0.15) is 11.5 Å². The van der Waals surface area contributed by atoms with Crippen molar-refractivity contribution in [2.24, 2.45) is 5.92 Å². The van der Waals surface area contributed by atoms with Crippen molar-refractivity contribution >= 4 is 29.2 Å². The van der Waals surface area contributed by atoms with E-state index in [2.05, 4.69) is 20.8 Å². The molecule has 1 aliphatic rings. The first kappa shape index (κ1) is 20.2. The number of halogens is 1. The summed E-state index contributed by atoms with van der Waals surface area (Å²) in [5, 5.41) is 0.494. The van der Waals surface area contributed by atoms with Gasteiger partial charge in [0.05, 0.1) is 18.7 Å². The van der Waals surface area contributed by atoms with E-state index in [0.717, 1.165) is 5.56 Å². The van der Waals surface area contributed by atoms with Crippen molar-refractivity contribution < 1.29 is 19.1 Å². The first-order valence-electron chi connectivity index (χ1n) is 9.15. The fraction of sp³-hybridized carbons (Fsp3) is 0.364. The van der Waals surface area contributed by atoms with Crippen molar-refractivity contribution in [3.8, 4) is 11.5 Å².